The highest BCUT2D eigenvalue weighted by Crippen LogP contribution is 2.46. The molecule has 0 saturated heterocycles. The first-order valence-corrected chi connectivity index (χ1v) is 7.74. The smallest absolute Gasteiger partial charge is 0.256 e. The van der Waals surface area contributed by atoms with E-state index in [2.05, 4.69) is 15.5 Å². The molecule has 0 aliphatic heterocycles. The lowest BCUT2D eigenvalue weighted by Gasteiger charge is -2.05. The van der Waals surface area contributed by atoms with Gasteiger partial charge < -0.3 is 5.32 Å². The van der Waals surface area contributed by atoms with Crippen molar-refractivity contribution in [3.05, 3.63) is 58.4 Å². The van der Waals surface area contributed by atoms with Crippen LogP contribution in [0.15, 0.2) is 36.4 Å². The van der Waals surface area contributed by atoms with Crippen LogP contribution in [0.4, 0.5) is 10.2 Å². The van der Waals surface area contributed by atoms with Crippen LogP contribution in [0.3, 0.4) is 0 Å². The van der Waals surface area contributed by atoms with Crippen LogP contribution in [0.1, 0.15) is 34.7 Å². The van der Waals surface area contributed by atoms with Crippen LogP contribution in [0.25, 0.3) is 10.9 Å². The molecule has 1 heterocycles. The molecule has 2 N–H and O–H groups in total. The van der Waals surface area contributed by atoms with Gasteiger partial charge in [0.25, 0.3) is 5.91 Å². The number of nitrogens with one attached hydrogen (secondary N) is 2. The average Bonchev–Trinajstić information content (AvgIpc) is 3.29. The van der Waals surface area contributed by atoms with Crippen molar-refractivity contribution in [2.75, 3.05) is 5.32 Å². The van der Waals surface area contributed by atoms with E-state index < -0.39 is 0 Å². The van der Waals surface area contributed by atoms with Crippen LogP contribution in [-0.4, -0.2) is 16.1 Å². The Bertz CT molecular complexity index is 900. The SMILES string of the molecule is O=C(Nc1n[nH]c2c(C3CC3)c(Cl)ccc12)c1ccc(F)cc1. The van der Waals surface area contributed by atoms with Gasteiger partial charge in [-0.3, -0.25) is 9.89 Å². The number of hydrogen-bond acceptors (Lipinski definition) is 2. The standard InChI is InChI=1S/C17H13ClFN3O/c18-13-8-7-12-15(14(13)9-1-2-9)21-22-16(12)20-17(23)10-3-5-11(19)6-4-10/h3-9H,1-2H2,(H2,20,21,22,23). The molecular formula is C17H13ClFN3O. The van der Waals surface area contributed by atoms with Crippen LogP contribution in [-0.2, 0) is 0 Å². The first kappa shape index (κ1) is 14.2. The predicted molar refractivity (Wildman–Crippen MR) is 87.4 cm³/mol. The Morgan fingerprint density at radius 1 is 1.22 bits per heavy atom. The summed E-state index contributed by atoms with van der Waals surface area (Å²) in [5.41, 5.74) is 2.31. The molecule has 4 rings (SSSR count). The van der Waals surface area contributed by atoms with Crippen molar-refractivity contribution in [1.29, 1.82) is 0 Å². The molecule has 6 heteroatoms. The van der Waals surface area contributed by atoms with Gasteiger partial charge in [0.05, 0.1) is 5.52 Å². The number of hydrogen-bond donors (Lipinski definition) is 2. The van der Waals surface area contributed by atoms with Crippen LogP contribution in [0, 0.1) is 5.82 Å². The van der Waals surface area contributed by atoms with E-state index in [1.54, 1.807) is 0 Å². The normalized spacial score (nSPS) is 14.2. The first-order chi connectivity index (χ1) is 11.1. The number of carbonyl (C=O) groups is 1. The summed E-state index contributed by atoms with van der Waals surface area (Å²) < 4.78 is 12.9. The van der Waals surface area contributed by atoms with Gasteiger partial charge in [-0.25, -0.2) is 4.39 Å². The van der Waals surface area contributed by atoms with Crippen molar-refractivity contribution in [3.8, 4) is 0 Å². The number of nitrogens with zero attached hydrogens (tertiary/aromatic N) is 1. The van der Waals surface area contributed by atoms with E-state index in [1.807, 2.05) is 12.1 Å². The summed E-state index contributed by atoms with van der Waals surface area (Å²) in [6.45, 7) is 0. The van der Waals surface area contributed by atoms with Crippen molar-refractivity contribution in [3.63, 3.8) is 0 Å². The van der Waals surface area contributed by atoms with E-state index in [1.165, 1.54) is 24.3 Å². The van der Waals surface area contributed by atoms with Gasteiger partial charge in [-0.1, -0.05) is 11.6 Å². The molecule has 2 aromatic carbocycles. The molecule has 0 unspecified atom stereocenters. The van der Waals surface area contributed by atoms with Gasteiger partial charge in [-0.2, -0.15) is 5.10 Å². The molecule has 116 valence electrons. The monoisotopic (exact) mass is 329 g/mol. The highest BCUT2D eigenvalue weighted by Gasteiger charge is 2.29. The number of anilines is 1. The molecule has 3 aromatic rings. The lowest BCUT2D eigenvalue weighted by atomic mass is 10.1. The van der Waals surface area contributed by atoms with Gasteiger partial charge in [0.1, 0.15) is 5.82 Å². The van der Waals surface area contributed by atoms with Crippen molar-refractivity contribution in [1.82, 2.24) is 10.2 Å². The van der Waals surface area contributed by atoms with Crippen molar-refractivity contribution < 1.29 is 9.18 Å². The van der Waals surface area contributed by atoms with E-state index in [0.717, 1.165) is 34.3 Å². The highest BCUT2D eigenvalue weighted by molar-refractivity contribution is 6.32. The molecule has 1 aliphatic carbocycles. The summed E-state index contributed by atoms with van der Waals surface area (Å²) in [7, 11) is 0. The van der Waals surface area contributed by atoms with E-state index >= 15 is 0 Å². The molecule has 0 atom stereocenters. The number of aromatic amines is 1. The maximum absolute atomic E-state index is 12.9. The van der Waals surface area contributed by atoms with Crippen LogP contribution >= 0.6 is 11.6 Å². The molecule has 0 radical (unpaired) electrons. The summed E-state index contributed by atoms with van der Waals surface area (Å²) in [5, 5.41) is 11.5. The van der Waals surface area contributed by atoms with E-state index in [4.69, 9.17) is 11.6 Å². The molecule has 1 aliphatic rings. The van der Waals surface area contributed by atoms with Gasteiger partial charge in [0.15, 0.2) is 5.82 Å². The third-order valence-corrected chi connectivity index (χ3v) is 4.38. The van der Waals surface area contributed by atoms with E-state index in [-0.39, 0.29) is 11.7 Å². The largest absolute Gasteiger partial charge is 0.305 e. The fraction of sp³-hybridized carbons (Fsp3) is 0.176. The second-order valence-corrected chi connectivity index (χ2v) is 6.10. The van der Waals surface area contributed by atoms with E-state index in [9.17, 15) is 9.18 Å². The number of benzene rings is 2. The number of H-pyrrole nitrogens is 1. The number of halogens is 2. The third kappa shape index (κ3) is 2.57. The molecule has 1 fully saturated rings. The Kier molecular flexibility index (Phi) is 3.31. The van der Waals surface area contributed by atoms with Crippen molar-refractivity contribution >= 4 is 34.2 Å². The van der Waals surface area contributed by atoms with Crippen molar-refractivity contribution in [2.45, 2.75) is 18.8 Å². The Balaban J connectivity index is 1.68. The van der Waals surface area contributed by atoms with Gasteiger partial charge in [-0.15, -0.1) is 0 Å². The van der Waals surface area contributed by atoms with Crippen LogP contribution < -0.4 is 5.32 Å². The minimum Gasteiger partial charge on any atom is -0.305 e. The number of carbonyl (C=O) groups excluding carboxylic acids is 1. The summed E-state index contributed by atoms with van der Waals surface area (Å²) in [6.07, 6.45) is 2.24. The number of fused-ring (bicyclic) bond motifs is 1. The van der Waals surface area contributed by atoms with E-state index in [0.29, 0.717) is 17.3 Å². The fourth-order valence-corrected chi connectivity index (χ4v) is 3.04. The predicted octanol–water partition coefficient (Wildman–Crippen LogP) is 4.49. The second-order valence-electron chi connectivity index (χ2n) is 5.69. The zero-order valence-electron chi connectivity index (χ0n) is 12.1. The summed E-state index contributed by atoms with van der Waals surface area (Å²) >= 11 is 6.29. The third-order valence-electron chi connectivity index (χ3n) is 4.05. The Labute approximate surface area is 136 Å². The fourth-order valence-electron chi connectivity index (χ4n) is 2.73. The van der Waals surface area contributed by atoms with Crippen LogP contribution in [0.2, 0.25) is 5.02 Å². The topological polar surface area (TPSA) is 57.8 Å². The molecule has 1 aromatic heterocycles. The number of rotatable bonds is 3. The molecule has 1 saturated carbocycles. The summed E-state index contributed by atoms with van der Waals surface area (Å²) in [4.78, 5) is 12.3. The molecule has 23 heavy (non-hydrogen) atoms. The summed E-state index contributed by atoms with van der Waals surface area (Å²) in [5.74, 6) is 0.206. The minimum atomic E-state index is -0.379. The average molecular weight is 330 g/mol. The van der Waals surface area contributed by atoms with Crippen molar-refractivity contribution in [2.24, 2.45) is 0 Å². The zero-order valence-corrected chi connectivity index (χ0v) is 12.8. The quantitative estimate of drug-likeness (QED) is 0.744. The van der Waals surface area contributed by atoms with Gasteiger partial charge in [-0.05, 0) is 60.7 Å². The number of aromatic nitrogens is 2. The Morgan fingerprint density at radius 3 is 2.65 bits per heavy atom. The molecule has 0 spiro atoms. The minimum absolute atomic E-state index is 0.332. The number of amides is 1. The summed E-state index contributed by atoms with van der Waals surface area (Å²) in [6, 6.07) is 9.05. The molecule has 1 amide bonds. The Morgan fingerprint density at radius 2 is 1.96 bits per heavy atom. The lowest BCUT2D eigenvalue weighted by Crippen LogP contribution is -2.12. The maximum atomic E-state index is 12.9. The lowest BCUT2D eigenvalue weighted by molar-refractivity contribution is 0.102. The van der Waals surface area contributed by atoms with Gasteiger partial charge >= 0.3 is 0 Å². The Hall–Kier alpha value is -2.40. The molecule has 4 nitrogen and oxygen atoms in total. The first-order valence-electron chi connectivity index (χ1n) is 7.37. The molecule has 0 bridgehead atoms. The highest BCUT2D eigenvalue weighted by atomic mass is 35.5. The van der Waals surface area contributed by atoms with Gasteiger partial charge in [0, 0.05) is 16.0 Å². The maximum Gasteiger partial charge on any atom is 0.256 e. The second kappa shape index (κ2) is 5.35. The zero-order chi connectivity index (χ0) is 16.0. The van der Waals surface area contributed by atoms with Crippen LogP contribution in [0.5, 0.6) is 0 Å². The molecular weight excluding hydrogens is 317 g/mol. The van der Waals surface area contributed by atoms with Gasteiger partial charge in [0.2, 0.25) is 0 Å².